The lowest BCUT2D eigenvalue weighted by Crippen LogP contribution is -2.36. The third kappa shape index (κ3) is 3.53. The van der Waals surface area contributed by atoms with Crippen LogP contribution in [0.1, 0.15) is 49.8 Å². The summed E-state index contributed by atoms with van der Waals surface area (Å²) >= 11 is 0. The van der Waals surface area contributed by atoms with E-state index >= 15 is 0 Å². The number of benzene rings is 1. The molecular formula is C17H27NO2. The molecule has 0 aliphatic heterocycles. The van der Waals surface area contributed by atoms with Gasteiger partial charge in [0.1, 0.15) is 5.75 Å². The zero-order valence-corrected chi connectivity index (χ0v) is 12.9. The number of likely N-dealkylation sites (N-methyl/N-ethyl adjacent to an activating group) is 1. The van der Waals surface area contributed by atoms with Gasteiger partial charge in [0.25, 0.3) is 0 Å². The quantitative estimate of drug-likeness (QED) is 0.866. The van der Waals surface area contributed by atoms with Gasteiger partial charge in [-0.1, -0.05) is 31.4 Å². The van der Waals surface area contributed by atoms with Crippen LogP contribution in [0.2, 0.25) is 0 Å². The second-order valence-corrected chi connectivity index (χ2v) is 5.79. The Balaban J connectivity index is 2.09. The zero-order valence-electron chi connectivity index (χ0n) is 12.9. The lowest BCUT2D eigenvalue weighted by Gasteiger charge is -2.30. The first-order valence-electron chi connectivity index (χ1n) is 7.72. The van der Waals surface area contributed by atoms with E-state index in [9.17, 15) is 5.11 Å². The molecular weight excluding hydrogens is 250 g/mol. The Morgan fingerprint density at radius 2 is 2.05 bits per heavy atom. The van der Waals surface area contributed by atoms with Crippen molar-refractivity contribution in [3.63, 3.8) is 0 Å². The summed E-state index contributed by atoms with van der Waals surface area (Å²) in [5.74, 6) is 0.783. The van der Waals surface area contributed by atoms with Crippen molar-refractivity contribution >= 4 is 0 Å². The molecule has 2 rings (SSSR count). The van der Waals surface area contributed by atoms with Gasteiger partial charge in [-0.15, -0.1) is 0 Å². The normalized spacial score (nSPS) is 17.6. The van der Waals surface area contributed by atoms with Crippen molar-refractivity contribution in [3.8, 4) is 5.75 Å². The molecule has 3 nitrogen and oxygen atoms in total. The second kappa shape index (κ2) is 7.09. The fourth-order valence-electron chi connectivity index (χ4n) is 3.24. The molecule has 1 atom stereocenters. The van der Waals surface area contributed by atoms with Gasteiger partial charge in [0.15, 0.2) is 0 Å². The molecule has 112 valence electrons. The Kier molecular flexibility index (Phi) is 5.44. The SMILES string of the molecule is CCN(CC(O)c1cc(C)ccc1OC)C1CCCC1. The Bertz CT molecular complexity index is 427. The summed E-state index contributed by atoms with van der Waals surface area (Å²) in [4.78, 5) is 2.42. The molecule has 0 amide bonds. The maximum Gasteiger partial charge on any atom is 0.124 e. The molecule has 1 fully saturated rings. The van der Waals surface area contributed by atoms with Gasteiger partial charge in [-0.25, -0.2) is 0 Å². The molecule has 1 N–H and O–H groups in total. The Labute approximate surface area is 122 Å². The summed E-state index contributed by atoms with van der Waals surface area (Å²) in [6.07, 6.45) is 4.71. The lowest BCUT2D eigenvalue weighted by atomic mass is 10.0. The Morgan fingerprint density at radius 3 is 2.65 bits per heavy atom. The molecule has 1 saturated carbocycles. The van der Waals surface area contributed by atoms with E-state index in [0.717, 1.165) is 23.4 Å². The van der Waals surface area contributed by atoms with Crippen LogP contribution in [-0.2, 0) is 0 Å². The molecule has 20 heavy (non-hydrogen) atoms. The minimum absolute atomic E-state index is 0.481. The summed E-state index contributed by atoms with van der Waals surface area (Å²) in [5, 5.41) is 10.6. The van der Waals surface area contributed by atoms with Gasteiger partial charge in [-0.3, -0.25) is 4.90 Å². The number of ether oxygens (including phenoxy) is 1. The molecule has 1 unspecified atom stereocenters. The van der Waals surface area contributed by atoms with Crippen LogP contribution in [0, 0.1) is 6.92 Å². The maximum absolute atomic E-state index is 10.6. The molecule has 1 aliphatic carbocycles. The van der Waals surface area contributed by atoms with Crippen LogP contribution >= 0.6 is 0 Å². The van der Waals surface area contributed by atoms with Gasteiger partial charge in [0.05, 0.1) is 13.2 Å². The number of aliphatic hydroxyl groups excluding tert-OH is 1. The zero-order chi connectivity index (χ0) is 14.5. The van der Waals surface area contributed by atoms with Gasteiger partial charge in [-0.05, 0) is 38.4 Å². The summed E-state index contributed by atoms with van der Waals surface area (Å²) in [6, 6.07) is 6.64. The van der Waals surface area contributed by atoms with Crippen LogP contribution in [0.15, 0.2) is 18.2 Å². The van der Waals surface area contributed by atoms with Crippen LogP contribution in [-0.4, -0.2) is 36.2 Å². The van der Waals surface area contributed by atoms with E-state index in [1.165, 1.54) is 25.7 Å². The molecule has 1 aliphatic rings. The highest BCUT2D eigenvalue weighted by atomic mass is 16.5. The molecule has 0 spiro atoms. The lowest BCUT2D eigenvalue weighted by molar-refractivity contribution is 0.0895. The van der Waals surface area contributed by atoms with E-state index in [1.807, 2.05) is 25.1 Å². The van der Waals surface area contributed by atoms with Gasteiger partial charge in [0.2, 0.25) is 0 Å². The van der Waals surface area contributed by atoms with Crippen LogP contribution in [0.4, 0.5) is 0 Å². The molecule has 0 radical (unpaired) electrons. The molecule has 1 aromatic carbocycles. The Hall–Kier alpha value is -1.06. The number of aliphatic hydroxyl groups is 1. The molecule has 3 heteroatoms. The minimum Gasteiger partial charge on any atom is -0.496 e. The van der Waals surface area contributed by atoms with Gasteiger partial charge >= 0.3 is 0 Å². The first kappa shape index (κ1) is 15.3. The third-order valence-corrected chi connectivity index (χ3v) is 4.40. The monoisotopic (exact) mass is 277 g/mol. The van der Waals surface area contributed by atoms with Crippen LogP contribution in [0.5, 0.6) is 5.75 Å². The highest BCUT2D eigenvalue weighted by molar-refractivity contribution is 5.38. The van der Waals surface area contributed by atoms with E-state index in [0.29, 0.717) is 12.6 Å². The molecule has 1 aromatic rings. The largest absolute Gasteiger partial charge is 0.496 e. The highest BCUT2D eigenvalue weighted by Crippen LogP contribution is 2.29. The molecule has 0 saturated heterocycles. The predicted molar refractivity (Wildman–Crippen MR) is 82.2 cm³/mol. The van der Waals surface area contributed by atoms with E-state index in [1.54, 1.807) is 7.11 Å². The first-order valence-corrected chi connectivity index (χ1v) is 7.72. The van der Waals surface area contributed by atoms with Crippen molar-refractivity contribution < 1.29 is 9.84 Å². The molecule has 0 bridgehead atoms. The fourth-order valence-corrected chi connectivity index (χ4v) is 3.24. The van der Waals surface area contributed by atoms with E-state index < -0.39 is 6.10 Å². The van der Waals surface area contributed by atoms with E-state index in [-0.39, 0.29) is 0 Å². The van der Waals surface area contributed by atoms with Gasteiger partial charge < -0.3 is 9.84 Å². The number of nitrogens with zero attached hydrogens (tertiary/aromatic N) is 1. The average Bonchev–Trinajstić information content (AvgIpc) is 2.98. The summed E-state index contributed by atoms with van der Waals surface area (Å²) in [6.45, 7) is 5.92. The predicted octanol–water partition coefficient (Wildman–Crippen LogP) is 3.30. The van der Waals surface area contributed by atoms with Crippen molar-refractivity contribution in [1.82, 2.24) is 4.90 Å². The smallest absolute Gasteiger partial charge is 0.124 e. The van der Waals surface area contributed by atoms with Crippen molar-refractivity contribution in [2.45, 2.75) is 51.7 Å². The minimum atomic E-state index is -0.481. The highest BCUT2D eigenvalue weighted by Gasteiger charge is 2.24. The first-order chi connectivity index (χ1) is 9.65. The summed E-state index contributed by atoms with van der Waals surface area (Å²) < 4.78 is 5.38. The molecule has 0 heterocycles. The number of hydrogen-bond acceptors (Lipinski definition) is 3. The van der Waals surface area contributed by atoms with Crippen molar-refractivity contribution in [2.24, 2.45) is 0 Å². The van der Waals surface area contributed by atoms with Crippen LogP contribution in [0.3, 0.4) is 0 Å². The fraction of sp³-hybridized carbons (Fsp3) is 0.647. The average molecular weight is 277 g/mol. The van der Waals surface area contributed by atoms with Gasteiger partial charge in [0, 0.05) is 18.2 Å². The van der Waals surface area contributed by atoms with Crippen molar-refractivity contribution in [1.29, 1.82) is 0 Å². The van der Waals surface area contributed by atoms with Crippen molar-refractivity contribution in [2.75, 3.05) is 20.2 Å². The summed E-state index contributed by atoms with van der Waals surface area (Å²) in [7, 11) is 1.66. The Morgan fingerprint density at radius 1 is 1.35 bits per heavy atom. The number of methoxy groups -OCH3 is 1. The van der Waals surface area contributed by atoms with E-state index in [2.05, 4.69) is 11.8 Å². The number of rotatable bonds is 6. The number of aryl methyl sites for hydroxylation is 1. The topological polar surface area (TPSA) is 32.7 Å². The van der Waals surface area contributed by atoms with Crippen LogP contribution < -0.4 is 4.74 Å². The molecule has 0 aromatic heterocycles. The van der Waals surface area contributed by atoms with Crippen molar-refractivity contribution in [3.05, 3.63) is 29.3 Å². The standard InChI is InChI=1S/C17H27NO2/c1-4-18(14-7-5-6-8-14)12-16(19)15-11-13(2)9-10-17(15)20-3/h9-11,14,16,19H,4-8,12H2,1-3H3. The second-order valence-electron chi connectivity index (χ2n) is 5.79. The maximum atomic E-state index is 10.6. The summed E-state index contributed by atoms with van der Waals surface area (Å²) in [5.41, 5.74) is 2.06. The van der Waals surface area contributed by atoms with Gasteiger partial charge in [-0.2, -0.15) is 0 Å². The third-order valence-electron chi connectivity index (χ3n) is 4.40. The number of hydrogen-bond donors (Lipinski definition) is 1. The van der Waals surface area contributed by atoms with E-state index in [4.69, 9.17) is 4.74 Å². The van der Waals surface area contributed by atoms with Crippen LogP contribution in [0.25, 0.3) is 0 Å².